The highest BCUT2D eigenvalue weighted by Gasteiger charge is 2.31. The fourth-order valence-corrected chi connectivity index (χ4v) is 5.89. The molecule has 1 aliphatic rings. The zero-order valence-corrected chi connectivity index (χ0v) is 20.8. The van der Waals surface area contributed by atoms with Gasteiger partial charge >= 0.3 is 0 Å². The molecule has 4 heterocycles. The number of aryl methyl sites for hydroxylation is 4. The highest BCUT2D eigenvalue weighted by molar-refractivity contribution is 7.12. The summed E-state index contributed by atoms with van der Waals surface area (Å²) in [6.07, 6.45) is 3.07. The minimum Gasteiger partial charge on any atom is -0.486 e. The molecule has 6 heteroatoms. The van der Waals surface area contributed by atoms with Crippen LogP contribution >= 0.6 is 11.3 Å². The Hall–Kier alpha value is -3.64. The average Bonchev–Trinajstić information content (AvgIpc) is 3.53. The molecule has 0 bridgehead atoms. The molecule has 0 unspecified atom stereocenters. The van der Waals surface area contributed by atoms with Crippen molar-refractivity contribution in [1.82, 2.24) is 14.2 Å². The molecule has 5 nitrogen and oxygen atoms in total. The summed E-state index contributed by atoms with van der Waals surface area (Å²) in [7, 11) is 0. The summed E-state index contributed by atoms with van der Waals surface area (Å²) in [5.74, 6) is 1.71. The summed E-state index contributed by atoms with van der Waals surface area (Å²) in [4.78, 5) is 14.6. The van der Waals surface area contributed by atoms with Gasteiger partial charge in [-0.3, -0.25) is 4.79 Å². The SMILES string of the molecule is Cc1cc(C)cc(OCc2nn3c(C(=O)c4cccs4)c(-c4ccccc4)c4c3n2CCCC4)c1. The molecule has 5 aromatic rings. The smallest absolute Gasteiger partial charge is 0.222 e. The van der Waals surface area contributed by atoms with Gasteiger partial charge in [-0.15, -0.1) is 16.4 Å². The van der Waals surface area contributed by atoms with Crippen LogP contribution in [0.25, 0.3) is 16.8 Å². The monoisotopic (exact) mass is 481 g/mol. The number of thiophene rings is 1. The molecule has 1 aliphatic heterocycles. The van der Waals surface area contributed by atoms with E-state index in [-0.39, 0.29) is 5.78 Å². The molecule has 6 rings (SSSR count). The zero-order chi connectivity index (χ0) is 23.9. The second-order valence-corrected chi connectivity index (χ2v) is 10.2. The van der Waals surface area contributed by atoms with E-state index in [1.165, 1.54) is 28.0 Å². The van der Waals surface area contributed by atoms with Crippen LogP contribution in [0.5, 0.6) is 5.75 Å². The molecule has 0 fully saturated rings. The third-order valence-electron chi connectivity index (χ3n) is 6.65. The minimum absolute atomic E-state index is 0.0205. The van der Waals surface area contributed by atoms with Gasteiger partial charge in [-0.05, 0) is 73.4 Å². The molecule has 0 aliphatic carbocycles. The summed E-state index contributed by atoms with van der Waals surface area (Å²) in [5.41, 5.74) is 7.32. The van der Waals surface area contributed by atoms with Crippen LogP contribution in [0.1, 0.15) is 50.7 Å². The quantitative estimate of drug-likeness (QED) is 0.256. The van der Waals surface area contributed by atoms with Crippen LogP contribution < -0.4 is 4.74 Å². The van der Waals surface area contributed by atoms with E-state index in [0.29, 0.717) is 12.3 Å². The Kier molecular flexibility index (Phi) is 5.53. The molecular weight excluding hydrogens is 454 g/mol. The van der Waals surface area contributed by atoms with Crippen molar-refractivity contribution in [3.63, 3.8) is 0 Å². The van der Waals surface area contributed by atoms with Crippen molar-refractivity contribution < 1.29 is 9.53 Å². The van der Waals surface area contributed by atoms with Gasteiger partial charge in [0.05, 0.1) is 4.88 Å². The number of hydrogen-bond donors (Lipinski definition) is 0. The maximum Gasteiger partial charge on any atom is 0.222 e. The molecule has 0 N–H and O–H groups in total. The standard InChI is InChI=1S/C29H27N3O2S/c1-19-15-20(2)17-22(16-19)34-18-25-30-32-27(28(33)24-12-8-14-35-24)26(21-9-4-3-5-10-21)23-11-6-7-13-31(25)29(23)32/h3-5,8-10,12,14-17H,6-7,11,13,18H2,1-2H3. The molecule has 0 saturated carbocycles. The van der Waals surface area contributed by atoms with E-state index in [9.17, 15) is 4.79 Å². The van der Waals surface area contributed by atoms with Crippen LogP contribution in [0.3, 0.4) is 0 Å². The lowest BCUT2D eigenvalue weighted by Gasteiger charge is -2.10. The predicted molar refractivity (Wildman–Crippen MR) is 140 cm³/mol. The molecule has 35 heavy (non-hydrogen) atoms. The Morgan fingerprint density at radius 3 is 2.57 bits per heavy atom. The lowest BCUT2D eigenvalue weighted by molar-refractivity contribution is 0.103. The van der Waals surface area contributed by atoms with Gasteiger partial charge in [0.1, 0.15) is 23.7 Å². The number of ether oxygens (including phenoxy) is 1. The lowest BCUT2D eigenvalue weighted by atomic mass is 9.96. The molecule has 3 aromatic heterocycles. The largest absolute Gasteiger partial charge is 0.486 e. The van der Waals surface area contributed by atoms with E-state index >= 15 is 0 Å². The summed E-state index contributed by atoms with van der Waals surface area (Å²) in [6.45, 7) is 5.38. The third-order valence-corrected chi connectivity index (χ3v) is 7.52. The van der Waals surface area contributed by atoms with Gasteiger partial charge in [0.2, 0.25) is 5.78 Å². The summed E-state index contributed by atoms with van der Waals surface area (Å²) >= 11 is 1.47. The number of carbonyl (C=O) groups is 1. The number of ketones is 1. The second-order valence-electron chi connectivity index (χ2n) is 9.25. The fourth-order valence-electron chi connectivity index (χ4n) is 5.22. The van der Waals surface area contributed by atoms with Gasteiger partial charge in [0, 0.05) is 17.7 Å². The van der Waals surface area contributed by atoms with Crippen LogP contribution in [0, 0.1) is 13.8 Å². The number of benzene rings is 2. The first-order valence-electron chi connectivity index (χ1n) is 12.1. The topological polar surface area (TPSA) is 48.5 Å². The van der Waals surface area contributed by atoms with Gasteiger partial charge in [0.15, 0.2) is 5.82 Å². The van der Waals surface area contributed by atoms with Crippen LogP contribution in [0.15, 0.2) is 66.0 Å². The van der Waals surface area contributed by atoms with E-state index in [1.54, 1.807) is 0 Å². The Bertz CT molecular complexity index is 1510. The van der Waals surface area contributed by atoms with Crippen molar-refractivity contribution in [2.45, 2.75) is 46.3 Å². The first kappa shape index (κ1) is 21.9. The number of hydrogen-bond acceptors (Lipinski definition) is 4. The fraction of sp³-hybridized carbons (Fsp3) is 0.241. The van der Waals surface area contributed by atoms with Crippen LogP contribution in [-0.2, 0) is 19.6 Å². The molecule has 176 valence electrons. The van der Waals surface area contributed by atoms with Gasteiger partial charge in [-0.25, -0.2) is 4.52 Å². The molecule has 0 spiro atoms. The van der Waals surface area contributed by atoms with Crippen molar-refractivity contribution in [2.24, 2.45) is 0 Å². The lowest BCUT2D eigenvalue weighted by Crippen LogP contribution is -2.08. The zero-order valence-electron chi connectivity index (χ0n) is 20.0. The first-order chi connectivity index (χ1) is 17.1. The number of carbonyl (C=O) groups excluding carboxylic acids is 1. The molecular formula is C29H27N3O2S. The first-order valence-corrected chi connectivity index (χ1v) is 13.0. The van der Waals surface area contributed by atoms with Crippen LogP contribution in [0.4, 0.5) is 0 Å². The Labute approximate surface area is 208 Å². The van der Waals surface area contributed by atoms with Crippen LogP contribution in [-0.4, -0.2) is 20.0 Å². The predicted octanol–water partition coefficient (Wildman–Crippen LogP) is 6.63. The average molecular weight is 482 g/mol. The van der Waals surface area contributed by atoms with E-state index in [1.807, 2.05) is 40.2 Å². The molecule has 0 radical (unpaired) electrons. The minimum atomic E-state index is 0.0205. The number of rotatable bonds is 6. The van der Waals surface area contributed by atoms with Gasteiger partial charge < -0.3 is 9.30 Å². The van der Waals surface area contributed by atoms with Crippen molar-refractivity contribution >= 4 is 22.8 Å². The number of aromatic nitrogens is 3. The maximum atomic E-state index is 13.8. The second kappa shape index (κ2) is 8.86. The Balaban J connectivity index is 1.52. The molecule has 0 atom stereocenters. The summed E-state index contributed by atoms with van der Waals surface area (Å²) < 4.78 is 10.4. The third kappa shape index (κ3) is 3.88. The summed E-state index contributed by atoms with van der Waals surface area (Å²) in [6, 6.07) is 20.3. The van der Waals surface area contributed by atoms with Crippen molar-refractivity contribution in [3.8, 4) is 16.9 Å². The number of nitrogens with zero attached hydrogens (tertiary/aromatic N) is 3. The normalized spacial score (nSPS) is 13.2. The molecule has 0 amide bonds. The van der Waals surface area contributed by atoms with Crippen molar-refractivity contribution in [3.05, 3.63) is 99.1 Å². The van der Waals surface area contributed by atoms with Gasteiger partial charge in [0.25, 0.3) is 0 Å². The molecule has 2 aromatic carbocycles. The van der Waals surface area contributed by atoms with Gasteiger partial charge in [-0.1, -0.05) is 42.5 Å². The van der Waals surface area contributed by atoms with Crippen molar-refractivity contribution in [2.75, 3.05) is 0 Å². The highest BCUT2D eigenvalue weighted by atomic mass is 32.1. The summed E-state index contributed by atoms with van der Waals surface area (Å²) in [5, 5.41) is 6.95. The van der Waals surface area contributed by atoms with Gasteiger partial charge in [-0.2, -0.15) is 0 Å². The molecule has 0 saturated heterocycles. The Morgan fingerprint density at radius 1 is 1.03 bits per heavy atom. The van der Waals surface area contributed by atoms with E-state index in [0.717, 1.165) is 59.0 Å². The van der Waals surface area contributed by atoms with E-state index < -0.39 is 0 Å². The maximum absolute atomic E-state index is 13.8. The van der Waals surface area contributed by atoms with Crippen molar-refractivity contribution in [1.29, 1.82) is 0 Å². The highest BCUT2D eigenvalue weighted by Crippen LogP contribution is 2.38. The van der Waals surface area contributed by atoms with Crippen LogP contribution in [0.2, 0.25) is 0 Å². The van der Waals surface area contributed by atoms with E-state index in [4.69, 9.17) is 9.84 Å². The Morgan fingerprint density at radius 2 is 1.83 bits per heavy atom. The van der Waals surface area contributed by atoms with E-state index in [2.05, 4.69) is 48.7 Å².